The Kier molecular flexibility index (Phi) is 8.54. The third-order valence-electron chi connectivity index (χ3n) is 7.90. The lowest BCUT2D eigenvalue weighted by atomic mass is 9.87. The zero-order valence-corrected chi connectivity index (χ0v) is 23.8. The topological polar surface area (TPSA) is 116 Å². The number of rotatable bonds is 12. The fraction of sp³-hybridized carbons (Fsp3) is 0.200. The van der Waals surface area contributed by atoms with Gasteiger partial charge in [-0.25, -0.2) is 9.97 Å². The number of H-pyrrole nitrogens is 2. The molecule has 2 amide bonds. The first-order valence-corrected chi connectivity index (χ1v) is 14.6. The van der Waals surface area contributed by atoms with E-state index in [0.29, 0.717) is 31.5 Å². The Balaban J connectivity index is 1.27. The average Bonchev–Trinajstić information content (AvgIpc) is 3.75. The van der Waals surface area contributed by atoms with E-state index in [1.165, 1.54) is 0 Å². The van der Waals surface area contributed by atoms with Crippen LogP contribution in [0, 0.1) is 5.92 Å². The Morgan fingerprint density at radius 1 is 0.651 bits per heavy atom. The van der Waals surface area contributed by atoms with Gasteiger partial charge >= 0.3 is 0 Å². The molecule has 6 aromatic rings. The summed E-state index contributed by atoms with van der Waals surface area (Å²) >= 11 is 0. The maximum Gasteiger partial charge on any atom is 0.242 e. The standard InChI is InChI=1S/C35H34N6O2/c42-34(41-33(19-30-21-37-23-40-30)35(43)38-16-15-29-20-36-22-39-29)28(17-26-11-5-9-24-7-1-3-13-31(24)26)18-27-12-6-10-25-8-2-4-14-32(25)27/h1-14,20-23,28,33H,15-19H2,(H,36,39)(H,37,40)(H,38,43)(H,41,42). The van der Waals surface area contributed by atoms with Crippen LogP contribution in [0.1, 0.15) is 22.5 Å². The van der Waals surface area contributed by atoms with Gasteiger partial charge in [0.25, 0.3) is 0 Å². The smallest absolute Gasteiger partial charge is 0.242 e. The van der Waals surface area contributed by atoms with Gasteiger partial charge in [-0.3, -0.25) is 9.59 Å². The summed E-state index contributed by atoms with van der Waals surface area (Å²) in [6.45, 7) is 0.409. The number of amides is 2. The van der Waals surface area contributed by atoms with Crippen molar-refractivity contribution in [3.05, 3.63) is 132 Å². The number of carbonyl (C=O) groups excluding carboxylic acids is 2. The van der Waals surface area contributed by atoms with Gasteiger partial charge < -0.3 is 20.6 Å². The quantitative estimate of drug-likeness (QED) is 0.167. The predicted octanol–water partition coefficient (Wildman–Crippen LogP) is 4.93. The Bertz CT molecular complexity index is 1720. The van der Waals surface area contributed by atoms with E-state index in [1.54, 1.807) is 25.0 Å². The summed E-state index contributed by atoms with van der Waals surface area (Å²) in [7, 11) is 0. The maximum atomic E-state index is 14.2. The lowest BCUT2D eigenvalue weighted by molar-refractivity contribution is -0.131. The normalized spacial score (nSPS) is 12.0. The minimum atomic E-state index is -0.780. The van der Waals surface area contributed by atoms with E-state index >= 15 is 0 Å². The number of fused-ring (bicyclic) bond motifs is 2. The van der Waals surface area contributed by atoms with Crippen LogP contribution in [0.25, 0.3) is 21.5 Å². The minimum absolute atomic E-state index is 0.163. The largest absolute Gasteiger partial charge is 0.354 e. The summed E-state index contributed by atoms with van der Waals surface area (Å²) in [5.74, 6) is -0.819. The van der Waals surface area contributed by atoms with Crippen LogP contribution in [0.3, 0.4) is 0 Å². The number of hydrogen-bond donors (Lipinski definition) is 4. The predicted molar refractivity (Wildman–Crippen MR) is 168 cm³/mol. The van der Waals surface area contributed by atoms with E-state index in [2.05, 4.69) is 79.1 Å². The molecule has 0 radical (unpaired) electrons. The minimum Gasteiger partial charge on any atom is -0.354 e. The van der Waals surface area contributed by atoms with E-state index in [-0.39, 0.29) is 18.2 Å². The Morgan fingerprint density at radius 3 is 1.79 bits per heavy atom. The molecule has 0 bridgehead atoms. The molecule has 2 aromatic heterocycles. The van der Waals surface area contributed by atoms with E-state index in [9.17, 15) is 9.59 Å². The van der Waals surface area contributed by atoms with Crippen molar-refractivity contribution in [3.8, 4) is 0 Å². The van der Waals surface area contributed by atoms with Crippen LogP contribution < -0.4 is 10.6 Å². The number of aromatic nitrogens is 4. The highest BCUT2D eigenvalue weighted by Gasteiger charge is 2.28. The van der Waals surface area contributed by atoms with Gasteiger partial charge in [0.2, 0.25) is 11.8 Å². The molecular weight excluding hydrogens is 536 g/mol. The molecule has 0 aliphatic carbocycles. The van der Waals surface area contributed by atoms with Gasteiger partial charge in [0, 0.05) is 37.7 Å². The number of benzene rings is 4. The number of aromatic amines is 2. The molecule has 0 fully saturated rings. The molecule has 6 rings (SSSR count). The number of nitrogens with one attached hydrogen (secondary N) is 4. The zero-order chi connectivity index (χ0) is 29.4. The fourth-order valence-corrected chi connectivity index (χ4v) is 5.70. The van der Waals surface area contributed by atoms with Crippen LogP contribution in [0.5, 0.6) is 0 Å². The highest BCUT2D eigenvalue weighted by Crippen LogP contribution is 2.26. The second kappa shape index (κ2) is 13.2. The van der Waals surface area contributed by atoms with Crippen molar-refractivity contribution in [1.82, 2.24) is 30.6 Å². The summed E-state index contributed by atoms with van der Waals surface area (Å²) in [5, 5.41) is 10.6. The van der Waals surface area contributed by atoms with Gasteiger partial charge in [-0.2, -0.15) is 0 Å². The lowest BCUT2D eigenvalue weighted by Crippen LogP contribution is -2.50. The average molecular weight is 571 g/mol. The molecule has 1 unspecified atom stereocenters. The molecule has 4 N–H and O–H groups in total. The summed E-state index contributed by atoms with van der Waals surface area (Å²) in [4.78, 5) is 42.0. The van der Waals surface area contributed by atoms with Gasteiger partial charge in [0.1, 0.15) is 6.04 Å². The molecule has 2 heterocycles. The van der Waals surface area contributed by atoms with Crippen LogP contribution in [0.15, 0.2) is 110 Å². The van der Waals surface area contributed by atoms with Crippen molar-refractivity contribution in [1.29, 1.82) is 0 Å². The molecule has 0 saturated heterocycles. The lowest BCUT2D eigenvalue weighted by Gasteiger charge is -2.23. The molecule has 0 aliphatic heterocycles. The van der Waals surface area contributed by atoms with Gasteiger partial charge in [0.05, 0.1) is 24.0 Å². The number of nitrogens with zero attached hydrogens (tertiary/aromatic N) is 2. The molecule has 4 aromatic carbocycles. The molecular formula is C35H34N6O2. The first-order valence-electron chi connectivity index (χ1n) is 14.6. The van der Waals surface area contributed by atoms with Crippen molar-refractivity contribution in [3.63, 3.8) is 0 Å². The van der Waals surface area contributed by atoms with E-state index in [0.717, 1.165) is 38.4 Å². The SMILES string of the molecule is O=C(NC(Cc1c[nH]cn1)C(=O)NCCc1c[nH]cn1)C(Cc1cccc2ccccc12)Cc1cccc2ccccc12. The molecule has 0 saturated carbocycles. The third kappa shape index (κ3) is 6.81. The third-order valence-corrected chi connectivity index (χ3v) is 7.90. The Morgan fingerprint density at radius 2 is 1.21 bits per heavy atom. The second-order valence-corrected chi connectivity index (χ2v) is 10.8. The zero-order valence-electron chi connectivity index (χ0n) is 23.8. The van der Waals surface area contributed by atoms with Gasteiger partial charge in [0.15, 0.2) is 0 Å². The van der Waals surface area contributed by atoms with E-state index in [4.69, 9.17) is 0 Å². The Labute approximate surface area is 250 Å². The van der Waals surface area contributed by atoms with Crippen LogP contribution in [0.2, 0.25) is 0 Å². The number of imidazole rings is 2. The van der Waals surface area contributed by atoms with Crippen molar-refractivity contribution in [2.75, 3.05) is 6.54 Å². The molecule has 8 heteroatoms. The second-order valence-electron chi connectivity index (χ2n) is 10.8. The highest BCUT2D eigenvalue weighted by atomic mass is 16.2. The monoisotopic (exact) mass is 570 g/mol. The fourth-order valence-electron chi connectivity index (χ4n) is 5.70. The van der Waals surface area contributed by atoms with Crippen LogP contribution in [-0.4, -0.2) is 44.3 Å². The van der Waals surface area contributed by atoms with Gasteiger partial charge in [-0.15, -0.1) is 0 Å². The molecule has 0 aliphatic rings. The van der Waals surface area contributed by atoms with Crippen LogP contribution in [0.4, 0.5) is 0 Å². The summed E-state index contributed by atoms with van der Waals surface area (Å²) in [5.41, 5.74) is 3.77. The summed E-state index contributed by atoms with van der Waals surface area (Å²) < 4.78 is 0. The number of hydrogen-bond acceptors (Lipinski definition) is 4. The Hall–Kier alpha value is -5.24. The molecule has 43 heavy (non-hydrogen) atoms. The first kappa shape index (κ1) is 27.9. The van der Waals surface area contributed by atoms with E-state index < -0.39 is 12.0 Å². The molecule has 1 atom stereocenters. The molecule has 0 spiro atoms. The van der Waals surface area contributed by atoms with Gasteiger partial charge in [-0.1, -0.05) is 84.9 Å². The maximum absolute atomic E-state index is 14.2. The van der Waals surface area contributed by atoms with Crippen molar-refractivity contribution in [2.45, 2.75) is 31.7 Å². The molecule has 8 nitrogen and oxygen atoms in total. The first-order chi connectivity index (χ1) is 21.1. The highest BCUT2D eigenvalue weighted by molar-refractivity contribution is 5.91. The summed E-state index contributed by atoms with van der Waals surface area (Å²) in [6.07, 6.45) is 8.68. The van der Waals surface area contributed by atoms with Gasteiger partial charge in [-0.05, 0) is 45.5 Å². The molecule has 216 valence electrons. The van der Waals surface area contributed by atoms with Crippen molar-refractivity contribution < 1.29 is 9.59 Å². The van der Waals surface area contributed by atoms with E-state index in [1.807, 2.05) is 36.4 Å². The number of carbonyl (C=O) groups is 2. The van der Waals surface area contributed by atoms with Crippen molar-refractivity contribution in [2.24, 2.45) is 5.92 Å². The van der Waals surface area contributed by atoms with Crippen LogP contribution >= 0.6 is 0 Å². The van der Waals surface area contributed by atoms with Crippen LogP contribution in [-0.2, 0) is 35.3 Å². The van der Waals surface area contributed by atoms with Crippen molar-refractivity contribution >= 4 is 33.4 Å². The summed E-state index contributed by atoms with van der Waals surface area (Å²) in [6, 6.07) is 28.1.